The van der Waals surface area contributed by atoms with Crippen molar-refractivity contribution in [2.24, 2.45) is 0 Å². The lowest BCUT2D eigenvalue weighted by atomic mass is 11.2. The summed E-state index contributed by atoms with van der Waals surface area (Å²) >= 11 is 0.447. The zero-order chi connectivity index (χ0) is 10.1. The zero-order valence-corrected chi connectivity index (χ0v) is 9.29. The number of hydroxylamine groups is 3. The SMILES string of the molecule is O=S1(=O)ON(C(=S)NO[I+2]([O-])[O-])O1. The molecule has 0 saturated carbocycles. The van der Waals surface area contributed by atoms with Crippen molar-refractivity contribution < 1.29 is 48.1 Å². The summed E-state index contributed by atoms with van der Waals surface area (Å²) in [5.41, 5.74) is 1.71. The molecule has 0 aromatic heterocycles. The van der Waals surface area contributed by atoms with Crippen LogP contribution in [-0.4, -0.2) is 18.8 Å². The molecule has 0 amide bonds. The third kappa shape index (κ3) is 3.43. The lowest BCUT2D eigenvalue weighted by Gasteiger charge is -2.25. The third-order valence-corrected chi connectivity index (χ3v) is 2.12. The van der Waals surface area contributed by atoms with Crippen LogP contribution < -0.4 is 33.4 Å². The molecule has 1 aliphatic heterocycles. The fourth-order valence-electron chi connectivity index (χ4n) is 0.341. The van der Waals surface area contributed by atoms with Gasteiger partial charge in [-0.15, -0.1) is 0 Å². The molecule has 1 heterocycles. The number of nitrogens with zero attached hydrogens (tertiary/aromatic N) is 1. The van der Waals surface area contributed by atoms with Crippen molar-refractivity contribution in [3.63, 3.8) is 0 Å². The Balaban J connectivity index is 2.27. The molecule has 13 heavy (non-hydrogen) atoms. The molecule has 1 saturated heterocycles. The molecule has 1 rings (SSSR count). The van der Waals surface area contributed by atoms with Crippen molar-refractivity contribution in [3.8, 4) is 0 Å². The first-order valence-corrected chi connectivity index (χ1v) is 6.76. The number of hydrogen-bond donors (Lipinski definition) is 1. The van der Waals surface area contributed by atoms with Crippen LogP contribution in [0, 0.1) is 0 Å². The van der Waals surface area contributed by atoms with E-state index in [2.05, 4.69) is 24.0 Å². The number of nitrogens with one attached hydrogen (secondary N) is 1. The molecule has 1 fully saturated rings. The second kappa shape index (κ2) is 4.13. The van der Waals surface area contributed by atoms with Crippen LogP contribution in [0.5, 0.6) is 0 Å². The van der Waals surface area contributed by atoms with Gasteiger partial charge in [0.05, 0.1) is 0 Å². The summed E-state index contributed by atoms with van der Waals surface area (Å²) in [6.45, 7) is 0. The molecule has 12 heteroatoms. The highest BCUT2D eigenvalue weighted by Gasteiger charge is 2.38. The van der Waals surface area contributed by atoms with E-state index in [0.29, 0.717) is 0 Å². The molecular formula is CHIN2O7S2. The molecule has 0 bridgehead atoms. The third-order valence-electron chi connectivity index (χ3n) is 0.673. The first-order valence-electron chi connectivity index (χ1n) is 2.38. The molecule has 0 radical (unpaired) electrons. The van der Waals surface area contributed by atoms with E-state index in [0.717, 1.165) is 0 Å². The van der Waals surface area contributed by atoms with Crippen LogP contribution in [-0.2, 0) is 22.1 Å². The molecule has 1 aliphatic rings. The fraction of sp³-hybridized carbons (Fsp3) is 0. The Bertz CT molecular complexity index is 288. The minimum atomic E-state index is -4.01. The van der Waals surface area contributed by atoms with E-state index in [1.165, 1.54) is 0 Å². The number of hydrogen-bond acceptors (Lipinski definition) is 8. The smallest absolute Gasteiger partial charge is 0.394 e. The van der Waals surface area contributed by atoms with Crippen molar-refractivity contribution in [3.05, 3.63) is 0 Å². The largest absolute Gasteiger partial charge is 0.540 e. The second-order valence-corrected chi connectivity index (χ2v) is 4.51. The molecule has 0 unspecified atom stereocenters. The van der Waals surface area contributed by atoms with E-state index < -0.39 is 36.6 Å². The van der Waals surface area contributed by atoms with Crippen LogP contribution in [0.25, 0.3) is 0 Å². The van der Waals surface area contributed by atoms with Gasteiger partial charge in [0.1, 0.15) is 3.17 Å². The van der Waals surface area contributed by atoms with Gasteiger partial charge < -0.3 is 6.87 Å². The lowest BCUT2D eigenvalue weighted by molar-refractivity contribution is -1.63. The molecule has 0 aromatic carbocycles. The summed E-state index contributed by atoms with van der Waals surface area (Å²) in [5.74, 6) is 0. The minimum absolute atomic E-state index is 0.268. The van der Waals surface area contributed by atoms with Gasteiger partial charge in [-0.1, -0.05) is 13.8 Å². The average Bonchev–Trinajstić information content (AvgIpc) is 1.95. The Morgan fingerprint density at radius 3 is 2.46 bits per heavy atom. The summed E-state index contributed by atoms with van der Waals surface area (Å²) < 4.78 is 52.0. The molecule has 0 aromatic rings. The van der Waals surface area contributed by atoms with E-state index in [-0.39, 0.29) is 5.23 Å². The average molecular weight is 344 g/mol. The number of rotatable bonds is 2. The van der Waals surface area contributed by atoms with E-state index in [4.69, 9.17) is 0 Å². The van der Waals surface area contributed by atoms with Gasteiger partial charge in [0.25, 0.3) is 5.11 Å². The Hall–Kier alpha value is 0.170. The number of halogens is 1. The molecule has 1 N–H and O–H groups in total. The topological polar surface area (TPSA) is 123 Å². The monoisotopic (exact) mass is 344 g/mol. The van der Waals surface area contributed by atoms with Crippen LogP contribution in [0.2, 0.25) is 0 Å². The van der Waals surface area contributed by atoms with Crippen LogP contribution >= 0.6 is 12.2 Å². The molecule has 0 atom stereocenters. The van der Waals surface area contributed by atoms with Gasteiger partial charge in [-0.3, -0.25) is 0 Å². The summed E-state index contributed by atoms with van der Waals surface area (Å²) in [6, 6.07) is 0. The van der Waals surface area contributed by atoms with Gasteiger partial charge in [-0.05, 0) is 12.2 Å². The van der Waals surface area contributed by atoms with Crippen LogP contribution in [0.3, 0.4) is 0 Å². The molecule has 0 spiro atoms. The van der Waals surface area contributed by atoms with Crippen molar-refractivity contribution in [2.45, 2.75) is 0 Å². The Labute approximate surface area is 86.4 Å². The maximum Gasteiger partial charge on any atom is 0.540 e. The highest BCUT2D eigenvalue weighted by atomic mass is 127. The summed E-state index contributed by atoms with van der Waals surface area (Å²) in [6.07, 6.45) is 0. The van der Waals surface area contributed by atoms with E-state index >= 15 is 0 Å². The Kier molecular flexibility index (Phi) is 3.57. The summed E-state index contributed by atoms with van der Waals surface area (Å²) in [7, 11) is -4.01. The number of thiocarbonyl (C=S) groups is 1. The maximum absolute atomic E-state index is 10.2. The first kappa shape index (κ1) is 11.2. The minimum Gasteiger partial charge on any atom is -0.394 e. The van der Waals surface area contributed by atoms with E-state index in [1.807, 2.05) is 0 Å². The molecular weight excluding hydrogens is 343 g/mol. The molecule has 76 valence electrons. The van der Waals surface area contributed by atoms with Crippen molar-refractivity contribution in [1.29, 1.82) is 0 Å². The van der Waals surface area contributed by atoms with Gasteiger partial charge in [-0.25, -0.2) is 0 Å². The lowest BCUT2D eigenvalue weighted by Crippen LogP contribution is -3.99. The van der Waals surface area contributed by atoms with Gasteiger partial charge >= 0.3 is 31.5 Å². The van der Waals surface area contributed by atoms with Gasteiger partial charge in [0, 0.05) is 0 Å². The summed E-state index contributed by atoms with van der Waals surface area (Å²) in [5, 5.41) is -0.214. The zero-order valence-electron chi connectivity index (χ0n) is 5.50. The quantitative estimate of drug-likeness (QED) is 0.294. The second-order valence-electron chi connectivity index (χ2n) is 1.49. The first-order chi connectivity index (χ1) is 5.91. The van der Waals surface area contributed by atoms with Gasteiger partial charge in [-0.2, -0.15) is 13.9 Å². The van der Waals surface area contributed by atoms with Gasteiger partial charge in [0.15, 0.2) is 0 Å². The van der Waals surface area contributed by atoms with Crippen molar-refractivity contribution >= 4 is 27.7 Å². The highest BCUT2D eigenvalue weighted by molar-refractivity contribution is 7.83. The van der Waals surface area contributed by atoms with Crippen LogP contribution in [0.4, 0.5) is 0 Å². The van der Waals surface area contributed by atoms with Crippen LogP contribution in [0.1, 0.15) is 0 Å². The Morgan fingerprint density at radius 1 is 1.54 bits per heavy atom. The highest BCUT2D eigenvalue weighted by Crippen LogP contribution is 2.15. The van der Waals surface area contributed by atoms with Gasteiger partial charge in [0.2, 0.25) is 0 Å². The maximum atomic E-state index is 10.2. The fourth-order valence-corrected chi connectivity index (χ4v) is 1.58. The Morgan fingerprint density at radius 2 is 2.08 bits per heavy atom. The normalized spacial score (nSPS) is 19.8. The van der Waals surface area contributed by atoms with E-state index in [9.17, 15) is 15.3 Å². The van der Waals surface area contributed by atoms with Crippen LogP contribution in [0.15, 0.2) is 0 Å². The molecule has 9 nitrogen and oxygen atoms in total. The van der Waals surface area contributed by atoms with Crippen molar-refractivity contribution in [1.82, 2.24) is 10.7 Å². The molecule has 0 aliphatic carbocycles. The van der Waals surface area contributed by atoms with E-state index in [1.54, 1.807) is 5.48 Å². The standard InChI is InChI=1S/CHIN2O7S2/c5-2(6)9-3-1(12)4-10-13(7,8)11-4/h(H,3,12). The predicted octanol–water partition coefficient (Wildman–Crippen LogP) is -6.69. The summed E-state index contributed by atoms with van der Waals surface area (Å²) in [4.78, 5) is 0. The van der Waals surface area contributed by atoms with Crippen molar-refractivity contribution in [2.75, 3.05) is 0 Å². The predicted molar refractivity (Wildman–Crippen MR) is 29.7 cm³/mol.